The molecule has 1 aliphatic rings. The molecule has 1 aromatic rings. The molecule has 22 heavy (non-hydrogen) atoms. The second-order valence-electron chi connectivity index (χ2n) is 5.46. The van der Waals surface area contributed by atoms with Gasteiger partial charge >= 0.3 is 0 Å². The van der Waals surface area contributed by atoms with Crippen LogP contribution in [0.3, 0.4) is 0 Å². The Bertz CT molecular complexity index is 545. The van der Waals surface area contributed by atoms with Crippen molar-refractivity contribution < 1.29 is 14.3 Å². The molecule has 1 atom stereocenters. The molecule has 1 aliphatic heterocycles. The van der Waals surface area contributed by atoms with Crippen LogP contribution in [-0.4, -0.2) is 44.0 Å². The van der Waals surface area contributed by atoms with Crippen molar-refractivity contribution in [3.8, 4) is 5.75 Å². The van der Waals surface area contributed by atoms with Crippen molar-refractivity contribution in [2.24, 2.45) is 0 Å². The van der Waals surface area contributed by atoms with Crippen molar-refractivity contribution in [3.63, 3.8) is 0 Å². The maximum atomic E-state index is 12.1. The van der Waals surface area contributed by atoms with Gasteiger partial charge in [-0.1, -0.05) is 0 Å². The minimum absolute atomic E-state index is 0.0332. The molecule has 1 aromatic carbocycles. The summed E-state index contributed by atoms with van der Waals surface area (Å²) < 4.78 is 5.69. The van der Waals surface area contributed by atoms with E-state index < -0.39 is 0 Å². The largest absolute Gasteiger partial charge is 0.487 e. The summed E-state index contributed by atoms with van der Waals surface area (Å²) in [6.45, 7) is 5.83. The highest BCUT2D eigenvalue weighted by molar-refractivity contribution is 5.98. The van der Waals surface area contributed by atoms with Crippen molar-refractivity contribution >= 4 is 17.4 Å². The van der Waals surface area contributed by atoms with Gasteiger partial charge in [-0.25, -0.2) is 0 Å². The predicted octanol–water partition coefficient (Wildman–Crippen LogP) is 1.18. The molecule has 3 N–H and O–H groups in total. The molecule has 0 radical (unpaired) electrons. The first-order valence-corrected chi connectivity index (χ1v) is 7.59. The van der Waals surface area contributed by atoms with E-state index in [1.54, 1.807) is 6.07 Å². The smallest absolute Gasteiger partial charge is 0.216 e. The van der Waals surface area contributed by atoms with Gasteiger partial charge in [-0.15, -0.1) is 0 Å². The molecule has 0 spiro atoms. The molecule has 0 fully saturated rings. The number of ether oxygens (including phenoxy) is 1. The van der Waals surface area contributed by atoms with Gasteiger partial charge in [0, 0.05) is 19.0 Å². The number of hydrogen-bond acceptors (Lipinski definition) is 5. The Kier molecular flexibility index (Phi) is 5.77. The second kappa shape index (κ2) is 7.79. The molecule has 0 saturated heterocycles. The Morgan fingerprint density at radius 3 is 2.95 bits per heavy atom. The van der Waals surface area contributed by atoms with E-state index in [1.807, 2.05) is 19.1 Å². The summed E-state index contributed by atoms with van der Waals surface area (Å²) in [7, 11) is 0. The fourth-order valence-electron chi connectivity index (χ4n) is 2.24. The van der Waals surface area contributed by atoms with Gasteiger partial charge in [0.05, 0.1) is 18.8 Å². The Balaban J connectivity index is 1.77. The van der Waals surface area contributed by atoms with E-state index in [4.69, 9.17) is 4.74 Å². The van der Waals surface area contributed by atoms with Crippen LogP contribution in [0.2, 0.25) is 0 Å². The van der Waals surface area contributed by atoms with Crippen LogP contribution in [0.5, 0.6) is 5.75 Å². The zero-order valence-corrected chi connectivity index (χ0v) is 13.1. The molecular formula is C16H23N3O3. The van der Waals surface area contributed by atoms with Crippen LogP contribution in [0.1, 0.15) is 30.6 Å². The maximum Gasteiger partial charge on any atom is 0.216 e. The molecule has 120 valence electrons. The normalized spacial score (nSPS) is 16.2. The van der Waals surface area contributed by atoms with Crippen molar-refractivity contribution in [1.29, 1.82) is 0 Å². The van der Waals surface area contributed by atoms with E-state index in [1.165, 1.54) is 6.92 Å². The Morgan fingerprint density at radius 1 is 1.36 bits per heavy atom. The van der Waals surface area contributed by atoms with Gasteiger partial charge in [0.2, 0.25) is 5.91 Å². The Morgan fingerprint density at radius 2 is 2.18 bits per heavy atom. The molecule has 6 heteroatoms. The highest BCUT2D eigenvalue weighted by Crippen LogP contribution is 2.29. The van der Waals surface area contributed by atoms with E-state index in [-0.39, 0.29) is 24.3 Å². The summed E-state index contributed by atoms with van der Waals surface area (Å²) in [4.78, 5) is 22.8. The summed E-state index contributed by atoms with van der Waals surface area (Å²) in [6, 6.07) is 5.46. The Hall–Kier alpha value is -2.08. The number of anilines is 1. The van der Waals surface area contributed by atoms with E-state index >= 15 is 0 Å². The molecule has 2 rings (SSSR count). The fourth-order valence-corrected chi connectivity index (χ4v) is 2.24. The quantitative estimate of drug-likeness (QED) is 0.521. The summed E-state index contributed by atoms with van der Waals surface area (Å²) in [6.07, 6.45) is 0.934. The summed E-state index contributed by atoms with van der Waals surface area (Å²) in [5.74, 6) is 0.801. The van der Waals surface area contributed by atoms with Gasteiger partial charge in [-0.2, -0.15) is 0 Å². The summed E-state index contributed by atoms with van der Waals surface area (Å²) in [5.41, 5.74) is 1.54. The second-order valence-corrected chi connectivity index (χ2v) is 5.46. The fraction of sp³-hybridized carbons (Fsp3) is 0.500. The van der Waals surface area contributed by atoms with Crippen LogP contribution in [0, 0.1) is 0 Å². The minimum atomic E-state index is -0.0332. The van der Waals surface area contributed by atoms with Crippen LogP contribution < -0.4 is 20.7 Å². The minimum Gasteiger partial charge on any atom is -0.487 e. The Labute approximate surface area is 130 Å². The average Bonchev–Trinajstić information content (AvgIpc) is 2.49. The van der Waals surface area contributed by atoms with Gasteiger partial charge in [-0.05, 0) is 38.1 Å². The molecular weight excluding hydrogens is 282 g/mol. The predicted molar refractivity (Wildman–Crippen MR) is 85.5 cm³/mol. The molecule has 0 aromatic heterocycles. The number of nitrogens with one attached hydrogen (secondary N) is 3. The maximum absolute atomic E-state index is 12.1. The first-order chi connectivity index (χ1) is 10.6. The lowest BCUT2D eigenvalue weighted by Crippen LogP contribution is -2.29. The highest BCUT2D eigenvalue weighted by Gasteiger charge is 2.17. The summed E-state index contributed by atoms with van der Waals surface area (Å²) >= 11 is 0. The van der Waals surface area contributed by atoms with Crippen LogP contribution >= 0.6 is 0 Å². The lowest BCUT2D eigenvalue weighted by molar-refractivity contribution is -0.118. The van der Waals surface area contributed by atoms with E-state index in [2.05, 4.69) is 16.0 Å². The van der Waals surface area contributed by atoms with Crippen LogP contribution in [0.25, 0.3) is 0 Å². The van der Waals surface area contributed by atoms with Crippen LogP contribution in [-0.2, 0) is 4.79 Å². The van der Waals surface area contributed by atoms with Crippen molar-refractivity contribution in [3.05, 3.63) is 23.8 Å². The zero-order valence-electron chi connectivity index (χ0n) is 13.1. The molecule has 0 bridgehead atoms. The highest BCUT2D eigenvalue weighted by atomic mass is 16.5. The van der Waals surface area contributed by atoms with Gasteiger partial charge in [0.1, 0.15) is 11.9 Å². The number of Topliss-reactive ketones (excluding diaryl/α,β-unsaturated/α-hetero) is 1. The monoisotopic (exact) mass is 305 g/mol. The molecule has 1 heterocycles. The molecule has 0 saturated carbocycles. The third-order valence-corrected chi connectivity index (χ3v) is 3.40. The number of amides is 1. The summed E-state index contributed by atoms with van der Waals surface area (Å²) in [5, 5.41) is 9.07. The number of fused-ring (bicyclic) bond motifs is 1. The standard InChI is InChI=1S/C16H23N3O3/c1-11-9-19-14-8-13(4-5-16(14)22-11)15(21)10-17-6-3-7-18-12(2)20/h4-5,8,11,17,19H,3,6-7,9-10H2,1-2H3,(H,18,20). The zero-order chi connectivity index (χ0) is 15.9. The molecule has 1 amide bonds. The number of hydrogen-bond donors (Lipinski definition) is 3. The SMILES string of the molecule is CC(=O)NCCCNCC(=O)c1ccc2c(c1)NCC(C)O2. The third-order valence-electron chi connectivity index (χ3n) is 3.40. The van der Waals surface area contributed by atoms with Crippen LogP contribution in [0.15, 0.2) is 18.2 Å². The average molecular weight is 305 g/mol. The van der Waals surface area contributed by atoms with Crippen molar-refractivity contribution in [1.82, 2.24) is 10.6 Å². The lowest BCUT2D eigenvalue weighted by Gasteiger charge is -2.25. The number of carbonyl (C=O) groups excluding carboxylic acids is 2. The first-order valence-electron chi connectivity index (χ1n) is 7.59. The molecule has 6 nitrogen and oxygen atoms in total. The topological polar surface area (TPSA) is 79.5 Å². The van der Waals surface area contributed by atoms with E-state index in [9.17, 15) is 9.59 Å². The van der Waals surface area contributed by atoms with E-state index in [0.717, 1.165) is 24.4 Å². The van der Waals surface area contributed by atoms with E-state index in [0.29, 0.717) is 18.7 Å². The van der Waals surface area contributed by atoms with Gasteiger partial charge < -0.3 is 20.7 Å². The van der Waals surface area contributed by atoms with Crippen molar-refractivity contribution in [2.75, 3.05) is 31.5 Å². The first kappa shape index (κ1) is 16.3. The van der Waals surface area contributed by atoms with Crippen LogP contribution in [0.4, 0.5) is 5.69 Å². The van der Waals surface area contributed by atoms with Gasteiger partial charge in [0.25, 0.3) is 0 Å². The van der Waals surface area contributed by atoms with Crippen molar-refractivity contribution in [2.45, 2.75) is 26.4 Å². The number of rotatable bonds is 7. The number of ketones is 1. The van der Waals surface area contributed by atoms with Gasteiger partial charge in [0.15, 0.2) is 5.78 Å². The molecule has 1 unspecified atom stereocenters. The van der Waals surface area contributed by atoms with Gasteiger partial charge in [-0.3, -0.25) is 9.59 Å². The molecule has 0 aliphatic carbocycles. The number of carbonyl (C=O) groups is 2. The third kappa shape index (κ3) is 4.73. The lowest BCUT2D eigenvalue weighted by atomic mass is 10.1. The number of benzene rings is 1.